The molecular formula is C30H22N8. The average Bonchev–Trinajstić information content (AvgIpc) is 3.73. The highest BCUT2D eigenvalue weighted by Gasteiger charge is 2.18. The van der Waals surface area contributed by atoms with Crippen molar-refractivity contribution in [2.45, 2.75) is 6.42 Å². The second-order valence-electron chi connectivity index (χ2n) is 9.06. The fourth-order valence-corrected chi connectivity index (χ4v) is 4.67. The van der Waals surface area contributed by atoms with E-state index in [4.69, 9.17) is 9.97 Å². The van der Waals surface area contributed by atoms with Gasteiger partial charge in [0.1, 0.15) is 5.52 Å². The van der Waals surface area contributed by atoms with Gasteiger partial charge in [-0.25, -0.2) is 9.97 Å². The number of rotatable bonds is 6. The number of anilines is 1. The minimum absolute atomic E-state index is 0.639. The normalized spacial score (nSPS) is 12.8. The van der Waals surface area contributed by atoms with E-state index >= 15 is 0 Å². The summed E-state index contributed by atoms with van der Waals surface area (Å²) in [7, 11) is 0. The number of benzene rings is 1. The van der Waals surface area contributed by atoms with Gasteiger partial charge in [-0.1, -0.05) is 55.1 Å². The molecule has 0 aliphatic heterocycles. The number of hydrogen-bond acceptors (Lipinski definition) is 6. The van der Waals surface area contributed by atoms with Gasteiger partial charge in [0.15, 0.2) is 11.5 Å². The van der Waals surface area contributed by atoms with Gasteiger partial charge in [0.2, 0.25) is 0 Å². The van der Waals surface area contributed by atoms with Crippen LogP contribution in [0.3, 0.4) is 0 Å². The zero-order valence-electron chi connectivity index (χ0n) is 20.3. The summed E-state index contributed by atoms with van der Waals surface area (Å²) in [5.41, 5.74) is 10.4. The van der Waals surface area contributed by atoms with Gasteiger partial charge in [-0.3, -0.25) is 15.1 Å². The zero-order valence-corrected chi connectivity index (χ0v) is 20.3. The molecule has 0 saturated heterocycles. The van der Waals surface area contributed by atoms with Gasteiger partial charge in [-0.15, -0.1) is 0 Å². The summed E-state index contributed by atoms with van der Waals surface area (Å²) in [6, 6.07) is 15.9. The highest BCUT2D eigenvalue weighted by Crippen LogP contribution is 2.31. The summed E-state index contributed by atoms with van der Waals surface area (Å²) in [5.74, 6) is 0.639. The Hall–Kier alpha value is -5.37. The van der Waals surface area contributed by atoms with Crippen molar-refractivity contribution in [3.8, 4) is 22.8 Å². The Morgan fingerprint density at radius 2 is 1.79 bits per heavy atom. The third kappa shape index (κ3) is 3.84. The monoisotopic (exact) mass is 494 g/mol. The fraction of sp³-hybridized carbons (Fsp3) is 0.0333. The van der Waals surface area contributed by atoms with Crippen LogP contribution < -0.4 is 5.32 Å². The van der Waals surface area contributed by atoms with Crippen molar-refractivity contribution in [3.05, 3.63) is 109 Å². The van der Waals surface area contributed by atoms with Crippen LogP contribution in [-0.4, -0.2) is 35.1 Å². The highest BCUT2D eigenvalue weighted by atomic mass is 15.2. The number of pyridine rings is 3. The van der Waals surface area contributed by atoms with Crippen molar-refractivity contribution in [1.29, 1.82) is 0 Å². The Morgan fingerprint density at radius 3 is 2.66 bits per heavy atom. The fourth-order valence-electron chi connectivity index (χ4n) is 4.67. The van der Waals surface area contributed by atoms with E-state index in [-0.39, 0.29) is 0 Å². The molecule has 7 rings (SSSR count). The van der Waals surface area contributed by atoms with E-state index in [2.05, 4.69) is 55.3 Å². The van der Waals surface area contributed by atoms with Gasteiger partial charge in [-0.05, 0) is 35.8 Å². The molecule has 0 spiro atoms. The predicted octanol–water partition coefficient (Wildman–Crippen LogP) is 6.38. The summed E-state index contributed by atoms with van der Waals surface area (Å²) >= 11 is 0. The third-order valence-corrected chi connectivity index (χ3v) is 6.56. The van der Waals surface area contributed by atoms with E-state index in [0.717, 1.165) is 67.8 Å². The lowest BCUT2D eigenvalue weighted by Gasteiger charge is -2.10. The molecule has 3 N–H and O–H groups in total. The Bertz CT molecular complexity index is 1890. The van der Waals surface area contributed by atoms with Gasteiger partial charge in [0, 0.05) is 29.2 Å². The second kappa shape index (κ2) is 8.94. The predicted molar refractivity (Wildman–Crippen MR) is 151 cm³/mol. The Kier molecular flexibility index (Phi) is 5.14. The minimum Gasteiger partial charge on any atom is -0.354 e. The molecule has 6 aromatic rings. The lowest BCUT2D eigenvalue weighted by atomic mass is 10.1. The Balaban J connectivity index is 1.25. The molecule has 5 heterocycles. The largest absolute Gasteiger partial charge is 0.354 e. The summed E-state index contributed by atoms with van der Waals surface area (Å²) in [6.45, 7) is 4.16. The van der Waals surface area contributed by atoms with Gasteiger partial charge < -0.3 is 10.3 Å². The number of fused-ring (bicyclic) bond motifs is 2. The first kappa shape index (κ1) is 21.9. The molecule has 1 aliphatic rings. The molecular weight excluding hydrogens is 472 g/mol. The van der Waals surface area contributed by atoms with Crippen LogP contribution in [0.1, 0.15) is 17.5 Å². The van der Waals surface area contributed by atoms with Crippen LogP contribution >= 0.6 is 0 Å². The first-order valence-electron chi connectivity index (χ1n) is 12.3. The molecule has 5 aromatic heterocycles. The maximum Gasteiger partial charge on any atom is 0.161 e. The number of allylic oxidation sites excluding steroid dienone is 4. The molecule has 1 aliphatic carbocycles. The number of imidazole rings is 1. The van der Waals surface area contributed by atoms with Crippen LogP contribution in [0.5, 0.6) is 0 Å². The van der Waals surface area contributed by atoms with E-state index in [0.29, 0.717) is 11.5 Å². The van der Waals surface area contributed by atoms with Gasteiger partial charge >= 0.3 is 0 Å². The van der Waals surface area contributed by atoms with Gasteiger partial charge in [-0.2, -0.15) is 5.10 Å². The third-order valence-electron chi connectivity index (χ3n) is 6.56. The van der Waals surface area contributed by atoms with Crippen molar-refractivity contribution in [2.75, 3.05) is 5.32 Å². The zero-order chi connectivity index (χ0) is 25.5. The standard InChI is InChI=1S/C30H22N8/c1-18(19-7-3-2-4-8-19)33-22-13-21(14-31-15-22)24-11-12-25-28(34-24)29(38-37-25)30-35-26-17-32-16-23(27(26)36-30)20-9-5-6-10-20/h2-5,7-17,33H,1,6H2,(H,35,36)(H,37,38). The van der Waals surface area contributed by atoms with Crippen molar-refractivity contribution in [3.63, 3.8) is 0 Å². The molecule has 0 unspecified atom stereocenters. The molecule has 0 atom stereocenters. The average molecular weight is 495 g/mol. The molecule has 38 heavy (non-hydrogen) atoms. The molecule has 0 saturated carbocycles. The minimum atomic E-state index is 0.639. The SMILES string of the molecule is C=C(Nc1cncc(-c2ccc3[nH]nc(-c4nc5c(C6=CCC=C6)cncc5[nH]4)c3n2)c1)c1ccccc1. The first-order valence-corrected chi connectivity index (χ1v) is 12.3. The summed E-state index contributed by atoms with van der Waals surface area (Å²) in [4.78, 5) is 22.1. The summed E-state index contributed by atoms with van der Waals surface area (Å²) < 4.78 is 0. The lowest BCUT2D eigenvalue weighted by Crippen LogP contribution is -1.98. The van der Waals surface area contributed by atoms with E-state index in [9.17, 15) is 0 Å². The van der Waals surface area contributed by atoms with Gasteiger partial charge in [0.05, 0.1) is 40.3 Å². The Morgan fingerprint density at radius 1 is 0.895 bits per heavy atom. The maximum atomic E-state index is 4.95. The van der Waals surface area contributed by atoms with Crippen LogP contribution in [0.2, 0.25) is 0 Å². The number of aromatic nitrogens is 7. The number of H-pyrrole nitrogens is 2. The second-order valence-corrected chi connectivity index (χ2v) is 9.06. The Labute approximate surface area is 217 Å². The smallest absolute Gasteiger partial charge is 0.161 e. The molecule has 182 valence electrons. The molecule has 0 amide bonds. The molecule has 0 fully saturated rings. The molecule has 8 heteroatoms. The van der Waals surface area contributed by atoms with E-state index < -0.39 is 0 Å². The number of nitrogens with one attached hydrogen (secondary N) is 3. The molecule has 0 radical (unpaired) electrons. The first-order chi connectivity index (χ1) is 18.7. The van der Waals surface area contributed by atoms with Crippen LogP contribution in [0.4, 0.5) is 5.69 Å². The van der Waals surface area contributed by atoms with E-state index in [1.165, 1.54) is 0 Å². The number of nitrogens with zero attached hydrogens (tertiary/aromatic N) is 5. The summed E-state index contributed by atoms with van der Waals surface area (Å²) in [5, 5.41) is 11.0. The molecule has 8 nitrogen and oxygen atoms in total. The highest BCUT2D eigenvalue weighted by molar-refractivity contribution is 5.96. The molecule has 0 bridgehead atoms. The van der Waals surface area contributed by atoms with Crippen molar-refractivity contribution in [1.82, 2.24) is 35.1 Å². The van der Waals surface area contributed by atoms with E-state index in [1.807, 2.05) is 54.7 Å². The van der Waals surface area contributed by atoms with Crippen molar-refractivity contribution < 1.29 is 0 Å². The number of aromatic amines is 2. The van der Waals surface area contributed by atoms with E-state index in [1.54, 1.807) is 18.6 Å². The summed E-state index contributed by atoms with van der Waals surface area (Å²) in [6.07, 6.45) is 14.5. The maximum absolute atomic E-state index is 4.95. The topological polar surface area (TPSA) is 108 Å². The van der Waals surface area contributed by atoms with Crippen LogP contribution in [0, 0.1) is 0 Å². The van der Waals surface area contributed by atoms with Crippen LogP contribution in [-0.2, 0) is 0 Å². The van der Waals surface area contributed by atoms with Crippen molar-refractivity contribution >= 4 is 39.0 Å². The lowest BCUT2D eigenvalue weighted by molar-refractivity contribution is 1.10. The van der Waals surface area contributed by atoms with Crippen LogP contribution in [0.25, 0.3) is 56.1 Å². The van der Waals surface area contributed by atoms with Crippen LogP contribution in [0.15, 0.2) is 98.1 Å². The molecule has 1 aromatic carbocycles. The van der Waals surface area contributed by atoms with Crippen molar-refractivity contribution in [2.24, 2.45) is 0 Å². The quantitative estimate of drug-likeness (QED) is 0.248. The number of hydrogen-bond donors (Lipinski definition) is 3. The van der Waals surface area contributed by atoms with Gasteiger partial charge in [0.25, 0.3) is 0 Å².